The van der Waals surface area contributed by atoms with Crippen LogP contribution < -0.4 is 0 Å². The average Bonchev–Trinajstić information content (AvgIpc) is 2.03. The van der Waals surface area contributed by atoms with Crippen molar-refractivity contribution in [2.75, 3.05) is 0 Å². The van der Waals surface area contributed by atoms with Gasteiger partial charge in [0.15, 0.2) is 0 Å². The van der Waals surface area contributed by atoms with Gasteiger partial charge in [-0.25, -0.2) is 0 Å². The fraction of sp³-hybridized carbons (Fsp3) is 0.273. The van der Waals surface area contributed by atoms with Crippen molar-refractivity contribution in [3.8, 4) is 5.75 Å². The number of benzene rings is 1. The van der Waals surface area contributed by atoms with Crippen LogP contribution >= 0.6 is 0 Å². The molecule has 12 heavy (non-hydrogen) atoms. The van der Waals surface area contributed by atoms with E-state index in [1.165, 1.54) is 0 Å². The van der Waals surface area contributed by atoms with Crippen LogP contribution in [-0.4, -0.2) is 5.11 Å². The lowest BCUT2D eigenvalue weighted by molar-refractivity contribution is 0.474. The summed E-state index contributed by atoms with van der Waals surface area (Å²) in [5.41, 5.74) is 2.11. The van der Waals surface area contributed by atoms with Gasteiger partial charge in [0.25, 0.3) is 0 Å². The van der Waals surface area contributed by atoms with Crippen LogP contribution in [0.2, 0.25) is 0 Å². The van der Waals surface area contributed by atoms with Gasteiger partial charge in [-0.15, -0.1) is 0 Å². The van der Waals surface area contributed by atoms with E-state index in [1.54, 1.807) is 18.2 Å². The second-order valence-electron chi connectivity index (χ2n) is 3.22. The largest absolute Gasteiger partial charge is 0.508 e. The van der Waals surface area contributed by atoms with Crippen LogP contribution in [0.5, 0.6) is 5.75 Å². The molecule has 0 amide bonds. The molecule has 0 aliphatic carbocycles. The van der Waals surface area contributed by atoms with Gasteiger partial charge >= 0.3 is 0 Å². The summed E-state index contributed by atoms with van der Waals surface area (Å²) in [6, 6.07) is 5.54. The van der Waals surface area contributed by atoms with Crippen LogP contribution in [0.15, 0.2) is 24.8 Å². The molecule has 0 saturated heterocycles. The Kier molecular flexibility index (Phi) is 2.54. The Morgan fingerprint density at radius 1 is 1.33 bits per heavy atom. The van der Waals surface area contributed by atoms with Crippen molar-refractivity contribution in [2.24, 2.45) is 0 Å². The Balaban J connectivity index is 3.14. The molecule has 1 nitrogen and oxygen atoms in total. The number of hydrogen-bond donors (Lipinski definition) is 1. The fourth-order valence-corrected chi connectivity index (χ4v) is 1.11. The third kappa shape index (κ3) is 1.88. The molecule has 1 aromatic rings. The third-order valence-corrected chi connectivity index (χ3v) is 1.86. The molecule has 0 heterocycles. The van der Waals surface area contributed by atoms with E-state index in [0.717, 1.165) is 11.1 Å². The van der Waals surface area contributed by atoms with Gasteiger partial charge in [0, 0.05) is 0 Å². The minimum absolute atomic E-state index is 0.316. The van der Waals surface area contributed by atoms with E-state index in [0.29, 0.717) is 11.7 Å². The van der Waals surface area contributed by atoms with Gasteiger partial charge in [-0.2, -0.15) is 0 Å². The predicted molar refractivity (Wildman–Crippen MR) is 52.3 cm³/mol. The van der Waals surface area contributed by atoms with Crippen LogP contribution in [0.1, 0.15) is 30.9 Å². The van der Waals surface area contributed by atoms with Gasteiger partial charge in [-0.05, 0) is 29.2 Å². The lowest BCUT2D eigenvalue weighted by Gasteiger charge is -2.06. The Morgan fingerprint density at radius 3 is 2.50 bits per heavy atom. The summed E-state index contributed by atoms with van der Waals surface area (Å²) in [5, 5.41) is 9.33. The Hall–Kier alpha value is -1.24. The number of phenols is 1. The first-order chi connectivity index (χ1) is 5.63. The van der Waals surface area contributed by atoms with Crippen LogP contribution in [0.4, 0.5) is 0 Å². The zero-order chi connectivity index (χ0) is 9.14. The van der Waals surface area contributed by atoms with Gasteiger partial charge in [0.2, 0.25) is 0 Å². The van der Waals surface area contributed by atoms with Crippen molar-refractivity contribution in [1.29, 1.82) is 0 Å². The maximum atomic E-state index is 9.33. The van der Waals surface area contributed by atoms with E-state index in [1.807, 2.05) is 6.07 Å². The molecular formula is C11H14O. The molecule has 1 N–H and O–H groups in total. The second kappa shape index (κ2) is 3.44. The standard InChI is InChI=1S/C11H14O/c1-4-9-5-10(8(2)3)7-11(12)6-9/h4-8,12H,1H2,2-3H3. The van der Waals surface area contributed by atoms with Crippen LogP contribution in [0.3, 0.4) is 0 Å². The molecule has 0 atom stereocenters. The van der Waals surface area contributed by atoms with Crippen molar-refractivity contribution in [3.63, 3.8) is 0 Å². The van der Waals surface area contributed by atoms with Crippen LogP contribution in [0, 0.1) is 0 Å². The van der Waals surface area contributed by atoms with E-state index < -0.39 is 0 Å². The average molecular weight is 162 g/mol. The summed E-state index contributed by atoms with van der Waals surface area (Å²) in [7, 11) is 0. The first-order valence-electron chi connectivity index (χ1n) is 4.10. The minimum Gasteiger partial charge on any atom is -0.508 e. The summed E-state index contributed by atoms with van der Waals surface area (Å²) in [6.45, 7) is 7.86. The van der Waals surface area contributed by atoms with Gasteiger partial charge in [-0.3, -0.25) is 0 Å². The van der Waals surface area contributed by atoms with E-state index in [-0.39, 0.29) is 0 Å². The van der Waals surface area contributed by atoms with Crippen molar-refractivity contribution in [3.05, 3.63) is 35.9 Å². The van der Waals surface area contributed by atoms with Crippen molar-refractivity contribution < 1.29 is 5.11 Å². The predicted octanol–water partition coefficient (Wildman–Crippen LogP) is 3.16. The zero-order valence-electron chi connectivity index (χ0n) is 7.54. The normalized spacial score (nSPS) is 10.2. The van der Waals surface area contributed by atoms with Gasteiger partial charge in [0.05, 0.1) is 0 Å². The molecular weight excluding hydrogens is 148 g/mol. The van der Waals surface area contributed by atoms with Crippen LogP contribution in [0.25, 0.3) is 6.08 Å². The topological polar surface area (TPSA) is 20.2 Å². The van der Waals surface area contributed by atoms with Crippen molar-refractivity contribution in [2.45, 2.75) is 19.8 Å². The molecule has 0 spiro atoms. The molecule has 0 radical (unpaired) electrons. The van der Waals surface area contributed by atoms with E-state index in [9.17, 15) is 5.11 Å². The maximum absolute atomic E-state index is 9.33. The number of hydrogen-bond acceptors (Lipinski definition) is 1. The highest BCUT2D eigenvalue weighted by Gasteiger charge is 2.01. The van der Waals surface area contributed by atoms with Crippen molar-refractivity contribution >= 4 is 6.08 Å². The van der Waals surface area contributed by atoms with Gasteiger partial charge in [0.1, 0.15) is 5.75 Å². The van der Waals surface area contributed by atoms with Crippen molar-refractivity contribution in [1.82, 2.24) is 0 Å². The van der Waals surface area contributed by atoms with E-state index in [2.05, 4.69) is 20.4 Å². The van der Waals surface area contributed by atoms with Gasteiger partial charge in [-0.1, -0.05) is 32.6 Å². The lowest BCUT2D eigenvalue weighted by Crippen LogP contribution is -1.87. The molecule has 1 heteroatoms. The quantitative estimate of drug-likeness (QED) is 0.708. The smallest absolute Gasteiger partial charge is 0.116 e. The zero-order valence-corrected chi connectivity index (χ0v) is 7.54. The summed E-state index contributed by atoms with van der Waals surface area (Å²) >= 11 is 0. The number of phenolic OH excluding ortho intramolecular Hbond substituents is 1. The Labute approximate surface area is 73.4 Å². The maximum Gasteiger partial charge on any atom is 0.116 e. The molecule has 0 aromatic heterocycles. The summed E-state index contributed by atoms with van der Waals surface area (Å²) < 4.78 is 0. The first kappa shape index (κ1) is 8.85. The summed E-state index contributed by atoms with van der Waals surface area (Å²) in [5.74, 6) is 0.756. The first-order valence-corrected chi connectivity index (χ1v) is 4.10. The molecule has 0 fully saturated rings. The monoisotopic (exact) mass is 162 g/mol. The SMILES string of the molecule is C=Cc1cc(O)cc(C(C)C)c1. The molecule has 0 aliphatic heterocycles. The fourth-order valence-electron chi connectivity index (χ4n) is 1.11. The Bertz CT molecular complexity index is 287. The molecule has 0 unspecified atom stereocenters. The molecule has 64 valence electrons. The summed E-state index contributed by atoms with van der Waals surface area (Å²) in [4.78, 5) is 0. The minimum atomic E-state index is 0.316. The molecule has 0 saturated carbocycles. The van der Waals surface area contributed by atoms with Gasteiger partial charge < -0.3 is 5.11 Å². The summed E-state index contributed by atoms with van der Waals surface area (Å²) in [6.07, 6.45) is 1.74. The Morgan fingerprint density at radius 2 is 2.00 bits per heavy atom. The molecule has 1 aromatic carbocycles. The van der Waals surface area contributed by atoms with Crippen LogP contribution in [-0.2, 0) is 0 Å². The molecule has 1 rings (SSSR count). The molecule has 0 aliphatic rings. The lowest BCUT2D eigenvalue weighted by atomic mass is 10.0. The second-order valence-corrected chi connectivity index (χ2v) is 3.22. The molecule has 0 bridgehead atoms. The number of aromatic hydroxyl groups is 1. The van der Waals surface area contributed by atoms with E-state index >= 15 is 0 Å². The highest BCUT2D eigenvalue weighted by atomic mass is 16.3. The number of rotatable bonds is 2. The highest BCUT2D eigenvalue weighted by molar-refractivity contribution is 5.51. The third-order valence-electron chi connectivity index (χ3n) is 1.86. The highest BCUT2D eigenvalue weighted by Crippen LogP contribution is 2.22. The van der Waals surface area contributed by atoms with E-state index in [4.69, 9.17) is 0 Å².